The van der Waals surface area contributed by atoms with Gasteiger partial charge in [-0.25, -0.2) is 0 Å². The van der Waals surface area contributed by atoms with Crippen LogP contribution in [0, 0.1) is 0 Å². The number of imide groups is 1. The molecule has 1 saturated heterocycles. The Morgan fingerprint density at radius 1 is 1.00 bits per heavy atom. The summed E-state index contributed by atoms with van der Waals surface area (Å²) in [6.07, 6.45) is 4.33. The Labute approximate surface area is 157 Å². The van der Waals surface area contributed by atoms with Crippen molar-refractivity contribution < 1.29 is 9.59 Å². The maximum absolute atomic E-state index is 12.6. The Kier molecular flexibility index (Phi) is 6.21. The lowest BCUT2D eigenvalue weighted by atomic mass is 10.1. The molecule has 0 aromatic heterocycles. The van der Waals surface area contributed by atoms with Crippen LogP contribution in [-0.4, -0.2) is 34.1 Å². The highest BCUT2D eigenvalue weighted by Crippen LogP contribution is 2.30. The molecule has 0 saturated carbocycles. The molecule has 0 N–H and O–H groups in total. The predicted octanol–water partition coefficient (Wildman–Crippen LogP) is 4.65. The SMILES string of the molecule is CSc1ccc(C[C@H]2SC(=O)N(CCCc3ccccc3)C2=O)cc1. The van der Waals surface area contributed by atoms with Crippen LogP contribution >= 0.6 is 23.5 Å². The number of amides is 2. The first kappa shape index (κ1) is 18.1. The number of benzene rings is 2. The lowest BCUT2D eigenvalue weighted by molar-refractivity contribution is -0.126. The number of hydrogen-bond acceptors (Lipinski definition) is 4. The van der Waals surface area contributed by atoms with Gasteiger partial charge in [-0.15, -0.1) is 11.8 Å². The highest BCUT2D eigenvalue weighted by molar-refractivity contribution is 8.15. The van der Waals surface area contributed by atoms with Gasteiger partial charge >= 0.3 is 0 Å². The molecule has 25 heavy (non-hydrogen) atoms. The lowest BCUT2D eigenvalue weighted by Crippen LogP contribution is -2.33. The van der Waals surface area contributed by atoms with Crippen molar-refractivity contribution in [3.05, 3.63) is 65.7 Å². The van der Waals surface area contributed by atoms with Crippen LogP contribution in [0.3, 0.4) is 0 Å². The van der Waals surface area contributed by atoms with E-state index in [9.17, 15) is 9.59 Å². The molecule has 0 unspecified atom stereocenters. The molecule has 2 amide bonds. The maximum atomic E-state index is 12.6. The summed E-state index contributed by atoms with van der Waals surface area (Å²) in [5.74, 6) is -0.0444. The molecule has 2 aromatic carbocycles. The quantitative estimate of drug-likeness (QED) is 0.664. The van der Waals surface area contributed by atoms with Crippen LogP contribution in [0.2, 0.25) is 0 Å². The molecular weight excluding hydrogens is 350 g/mol. The van der Waals surface area contributed by atoms with Gasteiger partial charge in [0.1, 0.15) is 0 Å². The number of rotatable bonds is 7. The summed E-state index contributed by atoms with van der Waals surface area (Å²) < 4.78 is 0. The molecule has 1 aliphatic heterocycles. The van der Waals surface area contributed by atoms with E-state index in [1.54, 1.807) is 11.8 Å². The highest BCUT2D eigenvalue weighted by atomic mass is 32.2. The summed E-state index contributed by atoms with van der Waals surface area (Å²) in [7, 11) is 0. The Balaban J connectivity index is 1.54. The summed E-state index contributed by atoms with van der Waals surface area (Å²) in [6, 6.07) is 18.4. The monoisotopic (exact) mass is 371 g/mol. The van der Waals surface area contributed by atoms with Gasteiger partial charge in [0.25, 0.3) is 5.24 Å². The van der Waals surface area contributed by atoms with Crippen molar-refractivity contribution in [3.63, 3.8) is 0 Å². The van der Waals surface area contributed by atoms with Gasteiger partial charge in [-0.2, -0.15) is 0 Å². The first-order valence-electron chi connectivity index (χ1n) is 8.36. The highest BCUT2D eigenvalue weighted by Gasteiger charge is 2.38. The van der Waals surface area contributed by atoms with Crippen LogP contribution < -0.4 is 0 Å². The lowest BCUT2D eigenvalue weighted by Gasteiger charge is -2.14. The third kappa shape index (κ3) is 4.67. The third-order valence-corrected chi connectivity index (χ3v) is 6.09. The van der Waals surface area contributed by atoms with Gasteiger partial charge in [-0.3, -0.25) is 14.5 Å². The van der Waals surface area contributed by atoms with Crippen molar-refractivity contribution in [2.45, 2.75) is 29.4 Å². The Morgan fingerprint density at radius 2 is 1.72 bits per heavy atom. The minimum Gasteiger partial charge on any atom is -0.273 e. The summed E-state index contributed by atoms with van der Waals surface area (Å²) in [5.41, 5.74) is 2.34. The average molecular weight is 372 g/mol. The van der Waals surface area contributed by atoms with Crippen molar-refractivity contribution in [2.75, 3.05) is 12.8 Å². The zero-order valence-corrected chi connectivity index (χ0v) is 15.8. The van der Waals surface area contributed by atoms with E-state index >= 15 is 0 Å². The Morgan fingerprint density at radius 3 is 2.40 bits per heavy atom. The number of carbonyl (C=O) groups is 2. The molecule has 1 heterocycles. The normalized spacial score (nSPS) is 17.3. The van der Waals surface area contributed by atoms with E-state index in [1.165, 1.54) is 27.1 Å². The minimum absolute atomic E-state index is 0.0444. The largest absolute Gasteiger partial charge is 0.289 e. The predicted molar refractivity (Wildman–Crippen MR) is 105 cm³/mol. The van der Waals surface area contributed by atoms with Crippen LogP contribution in [0.4, 0.5) is 4.79 Å². The zero-order valence-electron chi connectivity index (χ0n) is 14.2. The summed E-state index contributed by atoms with van der Waals surface area (Å²) in [5, 5.41) is -0.395. The van der Waals surface area contributed by atoms with Crippen LogP contribution in [0.5, 0.6) is 0 Å². The summed E-state index contributed by atoms with van der Waals surface area (Å²) in [4.78, 5) is 27.4. The molecule has 130 valence electrons. The van der Waals surface area contributed by atoms with Crippen LogP contribution in [0.25, 0.3) is 0 Å². The molecule has 5 heteroatoms. The molecule has 0 bridgehead atoms. The van der Waals surface area contributed by atoms with Crippen molar-refractivity contribution in [1.29, 1.82) is 0 Å². The Bertz CT molecular complexity index is 731. The van der Waals surface area contributed by atoms with Gasteiger partial charge in [0.2, 0.25) is 5.91 Å². The second-order valence-corrected chi connectivity index (χ2v) is 8.04. The maximum Gasteiger partial charge on any atom is 0.289 e. The molecule has 1 fully saturated rings. The third-order valence-electron chi connectivity index (χ3n) is 4.28. The number of aryl methyl sites for hydroxylation is 1. The van der Waals surface area contributed by atoms with E-state index in [2.05, 4.69) is 24.3 Å². The molecule has 1 aliphatic rings. The molecule has 2 aromatic rings. The van der Waals surface area contributed by atoms with Crippen molar-refractivity contribution in [3.8, 4) is 0 Å². The molecule has 0 radical (unpaired) electrons. The number of hydrogen-bond donors (Lipinski definition) is 0. The van der Waals surface area contributed by atoms with Crippen LogP contribution in [0.1, 0.15) is 17.5 Å². The fourth-order valence-corrected chi connectivity index (χ4v) is 4.36. The molecule has 0 aliphatic carbocycles. The molecule has 0 spiro atoms. The zero-order chi connectivity index (χ0) is 17.6. The molecule has 1 atom stereocenters. The van der Waals surface area contributed by atoms with Crippen LogP contribution in [0.15, 0.2) is 59.5 Å². The van der Waals surface area contributed by atoms with E-state index < -0.39 is 0 Å². The molecular formula is C20H21NO2S2. The van der Waals surface area contributed by atoms with Crippen molar-refractivity contribution >= 4 is 34.7 Å². The smallest absolute Gasteiger partial charge is 0.273 e. The van der Waals surface area contributed by atoms with Gasteiger partial charge in [0.15, 0.2) is 0 Å². The van der Waals surface area contributed by atoms with E-state index in [0.717, 1.165) is 18.4 Å². The topological polar surface area (TPSA) is 37.4 Å². The van der Waals surface area contributed by atoms with E-state index in [-0.39, 0.29) is 16.4 Å². The first-order chi connectivity index (χ1) is 12.2. The number of nitrogens with zero attached hydrogens (tertiary/aromatic N) is 1. The fraction of sp³-hybridized carbons (Fsp3) is 0.300. The second kappa shape index (κ2) is 8.59. The standard InChI is InChI=1S/C20H21NO2S2/c1-24-17-11-9-16(10-12-17)14-18-19(22)21(20(23)25-18)13-5-8-15-6-3-2-4-7-15/h2-4,6-7,9-12,18H,5,8,13-14H2,1H3/t18-/m1/s1. The molecule has 3 rings (SSSR count). The van der Waals surface area contributed by atoms with Gasteiger partial charge in [-0.1, -0.05) is 54.2 Å². The first-order valence-corrected chi connectivity index (χ1v) is 10.5. The van der Waals surface area contributed by atoms with Crippen LogP contribution in [-0.2, 0) is 17.6 Å². The van der Waals surface area contributed by atoms with Gasteiger partial charge in [0.05, 0.1) is 5.25 Å². The average Bonchev–Trinajstić information content (AvgIpc) is 2.90. The second-order valence-electron chi connectivity index (χ2n) is 6.00. The number of thioether (sulfide) groups is 2. The van der Waals surface area contributed by atoms with E-state index in [4.69, 9.17) is 0 Å². The summed E-state index contributed by atoms with van der Waals surface area (Å²) >= 11 is 2.86. The van der Waals surface area contributed by atoms with E-state index in [0.29, 0.717) is 13.0 Å². The number of carbonyl (C=O) groups excluding carboxylic acids is 2. The van der Waals surface area contributed by atoms with Gasteiger partial charge in [0, 0.05) is 11.4 Å². The van der Waals surface area contributed by atoms with Gasteiger partial charge < -0.3 is 0 Å². The van der Waals surface area contributed by atoms with E-state index in [1.807, 2.05) is 36.6 Å². The van der Waals surface area contributed by atoms with Gasteiger partial charge in [-0.05, 0) is 48.8 Å². The van der Waals surface area contributed by atoms with Crippen molar-refractivity contribution in [1.82, 2.24) is 4.90 Å². The molecule has 3 nitrogen and oxygen atoms in total. The van der Waals surface area contributed by atoms with Crippen molar-refractivity contribution in [2.24, 2.45) is 0 Å². The Hall–Kier alpha value is -1.72. The fourth-order valence-electron chi connectivity index (χ4n) is 2.89. The summed E-state index contributed by atoms with van der Waals surface area (Å²) in [6.45, 7) is 0.501. The minimum atomic E-state index is -0.288.